The average Bonchev–Trinajstić information content (AvgIpc) is 2.16. The minimum atomic E-state index is -0.396. The van der Waals surface area contributed by atoms with Crippen molar-refractivity contribution < 1.29 is 9.53 Å². The van der Waals surface area contributed by atoms with Crippen LogP contribution in [0.4, 0.5) is 0 Å². The van der Waals surface area contributed by atoms with E-state index >= 15 is 0 Å². The predicted molar refractivity (Wildman–Crippen MR) is 56.4 cm³/mol. The molecule has 0 fully saturated rings. The second-order valence-electron chi connectivity index (χ2n) is 3.81. The van der Waals surface area contributed by atoms with Gasteiger partial charge in [0.2, 0.25) is 0 Å². The number of amides is 1. The van der Waals surface area contributed by atoms with Crippen LogP contribution < -0.4 is 11.3 Å². The molecule has 84 valence electrons. The molecule has 0 saturated heterocycles. The maximum absolute atomic E-state index is 11.1. The maximum Gasteiger partial charge on any atom is 0.262 e. The Morgan fingerprint density at radius 3 is 2.57 bits per heavy atom. The van der Waals surface area contributed by atoms with E-state index in [4.69, 9.17) is 10.6 Å². The summed E-state index contributed by atoms with van der Waals surface area (Å²) in [6.45, 7) is 6.88. The summed E-state index contributed by atoms with van der Waals surface area (Å²) in [5.74, 6) is 5.47. The third-order valence-electron chi connectivity index (χ3n) is 2.05. The van der Waals surface area contributed by atoms with Crippen LogP contribution in [-0.4, -0.2) is 18.6 Å². The van der Waals surface area contributed by atoms with Crippen LogP contribution in [0.15, 0.2) is 0 Å². The van der Waals surface area contributed by atoms with Crippen LogP contribution >= 0.6 is 0 Å². The van der Waals surface area contributed by atoms with Crippen LogP contribution in [0.3, 0.4) is 0 Å². The van der Waals surface area contributed by atoms with Crippen molar-refractivity contribution in [2.75, 3.05) is 6.61 Å². The summed E-state index contributed by atoms with van der Waals surface area (Å²) >= 11 is 0. The van der Waals surface area contributed by atoms with Gasteiger partial charge in [0, 0.05) is 6.61 Å². The topological polar surface area (TPSA) is 64.3 Å². The fourth-order valence-corrected chi connectivity index (χ4v) is 1.19. The van der Waals surface area contributed by atoms with Crippen LogP contribution in [-0.2, 0) is 9.53 Å². The Balaban J connectivity index is 3.58. The lowest BCUT2D eigenvalue weighted by Gasteiger charge is -2.14. The van der Waals surface area contributed by atoms with Gasteiger partial charge in [-0.25, -0.2) is 5.84 Å². The van der Waals surface area contributed by atoms with Crippen LogP contribution in [0.5, 0.6) is 0 Å². The zero-order valence-electron chi connectivity index (χ0n) is 9.38. The van der Waals surface area contributed by atoms with Crippen LogP contribution in [0.25, 0.3) is 0 Å². The zero-order chi connectivity index (χ0) is 11.0. The maximum atomic E-state index is 11.1. The number of hydrogen-bond donors (Lipinski definition) is 2. The van der Waals surface area contributed by atoms with Crippen LogP contribution in [0, 0.1) is 5.92 Å². The molecule has 0 spiro atoms. The van der Waals surface area contributed by atoms with E-state index in [0.29, 0.717) is 18.9 Å². The highest BCUT2D eigenvalue weighted by Gasteiger charge is 2.14. The quantitative estimate of drug-likeness (QED) is 0.282. The molecule has 1 amide bonds. The molecule has 14 heavy (non-hydrogen) atoms. The normalized spacial score (nSPS) is 12.9. The first-order valence-electron chi connectivity index (χ1n) is 5.23. The van der Waals surface area contributed by atoms with Gasteiger partial charge in [0.25, 0.3) is 5.91 Å². The molecule has 0 bridgehead atoms. The summed E-state index contributed by atoms with van der Waals surface area (Å²) in [4.78, 5) is 11.1. The lowest BCUT2D eigenvalue weighted by molar-refractivity contribution is -0.133. The standard InChI is InChI=1S/C10H22N2O2/c1-4-9(10(13)12-11)14-7-5-6-8(2)3/h8-9H,4-7,11H2,1-3H3,(H,12,13). The number of carbonyl (C=O) groups is 1. The summed E-state index contributed by atoms with van der Waals surface area (Å²) in [5.41, 5.74) is 2.10. The van der Waals surface area contributed by atoms with Gasteiger partial charge >= 0.3 is 0 Å². The predicted octanol–water partition coefficient (Wildman–Crippen LogP) is 1.21. The van der Waals surface area contributed by atoms with Gasteiger partial charge in [-0.3, -0.25) is 10.2 Å². The second-order valence-corrected chi connectivity index (χ2v) is 3.81. The summed E-state index contributed by atoms with van der Waals surface area (Å²) in [6, 6.07) is 0. The van der Waals surface area contributed by atoms with Gasteiger partial charge in [0.1, 0.15) is 6.10 Å². The van der Waals surface area contributed by atoms with Gasteiger partial charge in [0.15, 0.2) is 0 Å². The molecule has 4 nitrogen and oxygen atoms in total. The fraction of sp³-hybridized carbons (Fsp3) is 0.900. The first-order valence-corrected chi connectivity index (χ1v) is 5.23. The van der Waals surface area contributed by atoms with E-state index in [0.717, 1.165) is 12.8 Å². The van der Waals surface area contributed by atoms with E-state index in [-0.39, 0.29) is 5.91 Å². The Bertz CT molecular complexity index is 160. The minimum absolute atomic E-state index is 0.239. The van der Waals surface area contributed by atoms with Gasteiger partial charge in [-0.15, -0.1) is 0 Å². The molecule has 1 unspecified atom stereocenters. The van der Waals surface area contributed by atoms with Gasteiger partial charge in [-0.2, -0.15) is 0 Å². The number of hydrogen-bond acceptors (Lipinski definition) is 3. The Kier molecular flexibility index (Phi) is 7.42. The van der Waals surface area contributed by atoms with Crippen LogP contribution in [0.2, 0.25) is 0 Å². The first-order chi connectivity index (χ1) is 6.61. The minimum Gasteiger partial charge on any atom is -0.368 e. The summed E-state index contributed by atoms with van der Waals surface area (Å²) < 4.78 is 5.40. The Labute approximate surface area is 86.2 Å². The molecule has 0 radical (unpaired) electrons. The van der Waals surface area contributed by atoms with Gasteiger partial charge in [-0.1, -0.05) is 20.8 Å². The number of nitrogens with one attached hydrogen (secondary N) is 1. The van der Waals surface area contributed by atoms with E-state index in [1.54, 1.807) is 0 Å². The Morgan fingerprint density at radius 2 is 2.14 bits per heavy atom. The number of rotatable bonds is 7. The lowest BCUT2D eigenvalue weighted by atomic mass is 10.1. The van der Waals surface area contributed by atoms with E-state index in [2.05, 4.69) is 19.3 Å². The number of nitrogens with two attached hydrogens (primary N) is 1. The highest BCUT2D eigenvalue weighted by molar-refractivity contribution is 5.79. The molecule has 0 aliphatic heterocycles. The molecule has 0 saturated carbocycles. The molecule has 0 heterocycles. The van der Waals surface area contributed by atoms with Crippen molar-refractivity contribution in [3.8, 4) is 0 Å². The van der Waals surface area contributed by atoms with Crippen molar-refractivity contribution in [2.45, 2.75) is 46.1 Å². The van der Waals surface area contributed by atoms with E-state index in [9.17, 15) is 4.79 Å². The summed E-state index contributed by atoms with van der Waals surface area (Å²) in [7, 11) is 0. The van der Waals surface area contributed by atoms with E-state index < -0.39 is 6.10 Å². The third-order valence-corrected chi connectivity index (χ3v) is 2.05. The third kappa shape index (κ3) is 5.94. The molecule has 0 aliphatic carbocycles. The molecule has 4 heteroatoms. The Hall–Kier alpha value is -0.610. The van der Waals surface area contributed by atoms with Gasteiger partial charge < -0.3 is 4.74 Å². The highest BCUT2D eigenvalue weighted by Crippen LogP contribution is 2.05. The SMILES string of the molecule is CCC(OCCCC(C)C)C(=O)NN. The second kappa shape index (κ2) is 7.76. The average molecular weight is 202 g/mol. The van der Waals surface area contributed by atoms with Crippen molar-refractivity contribution in [3.63, 3.8) is 0 Å². The fourth-order valence-electron chi connectivity index (χ4n) is 1.19. The van der Waals surface area contributed by atoms with E-state index in [1.165, 1.54) is 0 Å². The first kappa shape index (κ1) is 13.4. The molecule has 1 atom stereocenters. The molecule has 0 rings (SSSR count). The molecule has 0 aromatic rings. The van der Waals surface area contributed by atoms with Crippen molar-refractivity contribution in [1.82, 2.24) is 5.43 Å². The molecule has 3 N–H and O–H groups in total. The molecular weight excluding hydrogens is 180 g/mol. The van der Waals surface area contributed by atoms with Crippen molar-refractivity contribution in [3.05, 3.63) is 0 Å². The monoisotopic (exact) mass is 202 g/mol. The van der Waals surface area contributed by atoms with Crippen molar-refractivity contribution in [1.29, 1.82) is 0 Å². The Morgan fingerprint density at radius 1 is 1.50 bits per heavy atom. The number of hydrazine groups is 1. The van der Waals surface area contributed by atoms with Gasteiger partial charge in [-0.05, 0) is 25.2 Å². The molecule has 0 aromatic heterocycles. The molecule has 0 aromatic carbocycles. The van der Waals surface area contributed by atoms with Crippen molar-refractivity contribution >= 4 is 5.91 Å². The van der Waals surface area contributed by atoms with Crippen LogP contribution in [0.1, 0.15) is 40.0 Å². The van der Waals surface area contributed by atoms with Gasteiger partial charge in [0.05, 0.1) is 0 Å². The molecular formula is C10H22N2O2. The molecule has 0 aliphatic rings. The van der Waals surface area contributed by atoms with Crippen molar-refractivity contribution in [2.24, 2.45) is 11.8 Å². The zero-order valence-corrected chi connectivity index (χ0v) is 9.38. The summed E-state index contributed by atoms with van der Waals surface area (Å²) in [5, 5.41) is 0. The lowest BCUT2D eigenvalue weighted by Crippen LogP contribution is -2.40. The smallest absolute Gasteiger partial charge is 0.262 e. The largest absolute Gasteiger partial charge is 0.368 e. The highest BCUT2D eigenvalue weighted by atomic mass is 16.5. The number of ether oxygens (including phenoxy) is 1. The number of carbonyl (C=O) groups excluding carboxylic acids is 1. The summed E-state index contributed by atoms with van der Waals surface area (Å²) in [6.07, 6.45) is 2.38. The van der Waals surface area contributed by atoms with E-state index in [1.807, 2.05) is 6.92 Å².